The Morgan fingerprint density at radius 3 is 1.05 bits per heavy atom. The second kappa shape index (κ2) is 19.6. The Kier molecular flexibility index (Phi) is 13.9. The summed E-state index contributed by atoms with van der Waals surface area (Å²) in [5.74, 6) is 1.63. The Morgan fingerprint density at radius 1 is 0.431 bits per heavy atom. The SMILES string of the molecule is Brc1ccc(Oc2ccc([S+](c3ccc(Sc4ccc(-c5ccccc5)cc4)cc3)c3ccc(Sc4ccc(-c5ccccc5)cc4)cc3)cc2)cc1.CS(=O)(=O)[O-]. The molecular weight excluding hydrogens is 861 g/mol. The van der Waals surface area contributed by atoms with Crippen molar-refractivity contribution in [2.45, 2.75) is 34.3 Å². The predicted molar refractivity (Wildman–Crippen MR) is 243 cm³/mol. The van der Waals surface area contributed by atoms with Gasteiger partial charge in [-0.3, -0.25) is 0 Å². The second-order valence-corrected chi connectivity index (χ2v) is 19.6. The zero-order chi connectivity index (χ0) is 40.3. The second-order valence-electron chi connectivity index (χ2n) is 13.0. The van der Waals surface area contributed by atoms with Gasteiger partial charge >= 0.3 is 0 Å². The van der Waals surface area contributed by atoms with E-state index in [-0.39, 0.29) is 10.9 Å². The van der Waals surface area contributed by atoms with Crippen molar-refractivity contribution in [3.63, 3.8) is 0 Å². The third-order valence-electron chi connectivity index (χ3n) is 8.62. The number of benzene rings is 8. The molecule has 0 N–H and O–H groups in total. The van der Waals surface area contributed by atoms with Gasteiger partial charge in [0.1, 0.15) is 11.5 Å². The molecule has 0 radical (unpaired) electrons. The molecule has 288 valence electrons. The average molecular weight is 898 g/mol. The Hall–Kier alpha value is -5.00. The summed E-state index contributed by atoms with van der Waals surface area (Å²) in [5.41, 5.74) is 4.93. The molecule has 8 rings (SSSR count). The number of rotatable bonds is 11. The molecule has 0 spiro atoms. The molecular formula is C49H37BrO4S4. The van der Waals surface area contributed by atoms with E-state index in [1.165, 1.54) is 56.5 Å². The van der Waals surface area contributed by atoms with Crippen LogP contribution in [0.25, 0.3) is 22.3 Å². The van der Waals surface area contributed by atoms with E-state index in [0.717, 1.165) is 16.0 Å². The molecule has 0 aromatic heterocycles. The first-order chi connectivity index (χ1) is 28.1. The van der Waals surface area contributed by atoms with Crippen LogP contribution >= 0.6 is 39.5 Å². The van der Waals surface area contributed by atoms with Crippen molar-refractivity contribution in [1.82, 2.24) is 0 Å². The van der Waals surface area contributed by atoms with E-state index in [1.54, 1.807) is 23.5 Å². The molecule has 0 amide bonds. The minimum Gasteiger partial charge on any atom is -0.748 e. The molecule has 8 aromatic rings. The van der Waals surface area contributed by atoms with Gasteiger partial charge in [-0.25, -0.2) is 8.42 Å². The minimum atomic E-state index is -3.92. The van der Waals surface area contributed by atoms with E-state index < -0.39 is 10.1 Å². The lowest BCUT2D eigenvalue weighted by molar-refractivity contribution is 0.470. The monoisotopic (exact) mass is 896 g/mol. The summed E-state index contributed by atoms with van der Waals surface area (Å²) in [5, 5.41) is 0. The van der Waals surface area contributed by atoms with E-state index in [9.17, 15) is 0 Å². The van der Waals surface area contributed by atoms with E-state index >= 15 is 0 Å². The Labute approximate surface area is 360 Å². The van der Waals surface area contributed by atoms with Gasteiger partial charge < -0.3 is 9.29 Å². The normalized spacial score (nSPS) is 11.1. The molecule has 0 atom stereocenters. The van der Waals surface area contributed by atoms with Crippen molar-refractivity contribution in [3.8, 4) is 33.8 Å². The van der Waals surface area contributed by atoms with Crippen LogP contribution in [-0.2, 0) is 21.0 Å². The van der Waals surface area contributed by atoms with Crippen LogP contribution in [0.2, 0.25) is 0 Å². The first-order valence-corrected chi connectivity index (χ1v) is 23.7. The first kappa shape index (κ1) is 41.2. The molecule has 0 heterocycles. The van der Waals surface area contributed by atoms with Gasteiger partial charge in [-0.1, -0.05) is 124 Å². The summed E-state index contributed by atoms with van der Waals surface area (Å²) in [7, 11) is -4.23. The van der Waals surface area contributed by atoms with Crippen LogP contribution in [0.4, 0.5) is 0 Å². The molecule has 0 unspecified atom stereocenters. The van der Waals surface area contributed by atoms with Gasteiger partial charge in [0, 0.05) is 30.3 Å². The molecule has 0 bridgehead atoms. The van der Waals surface area contributed by atoms with Crippen LogP contribution in [0.3, 0.4) is 0 Å². The van der Waals surface area contributed by atoms with Gasteiger partial charge in [-0.2, -0.15) is 0 Å². The summed E-state index contributed by atoms with van der Waals surface area (Å²) >= 11 is 7.09. The van der Waals surface area contributed by atoms with Gasteiger partial charge in [-0.05, 0) is 144 Å². The molecule has 0 fully saturated rings. The fraction of sp³-hybridized carbons (Fsp3) is 0.0204. The maximum atomic E-state index is 9.08. The Balaban J connectivity index is 0.000000966. The lowest BCUT2D eigenvalue weighted by Crippen LogP contribution is -2.04. The topological polar surface area (TPSA) is 66.4 Å². The molecule has 0 saturated carbocycles. The van der Waals surface area contributed by atoms with Gasteiger partial charge in [-0.15, -0.1) is 0 Å². The molecule has 4 nitrogen and oxygen atoms in total. The van der Waals surface area contributed by atoms with Gasteiger partial charge in [0.2, 0.25) is 0 Å². The van der Waals surface area contributed by atoms with Crippen molar-refractivity contribution in [3.05, 3.63) is 211 Å². The molecule has 0 saturated heterocycles. The van der Waals surface area contributed by atoms with Crippen molar-refractivity contribution >= 4 is 60.5 Å². The largest absolute Gasteiger partial charge is 0.748 e. The highest BCUT2D eigenvalue weighted by Crippen LogP contribution is 2.38. The van der Waals surface area contributed by atoms with Crippen molar-refractivity contribution < 1.29 is 17.7 Å². The lowest BCUT2D eigenvalue weighted by atomic mass is 10.1. The van der Waals surface area contributed by atoms with Gasteiger partial charge in [0.15, 0.2) is 14.7 Å². The number of halogens is 1. The fourth-order valence-corrected chi connectivity index (χ4v) is 9.88. The van der Waals surface area contributed by atoms with Crippen LogP contribution in [0.1, 0.15) is 0 Å². The average Bonchev–Trinajstić information content (AvgIpc) is 3.24. The summed E-state index contributed by atoms with van der Waals surface area (Å²) < 4.78 is 34.4. The van der Waals surface area contributed by atoms with Crippen LogP contribution in [0.15, 0.2) is 245 Å². The smallest absolute Gasteiger partial charge is 0.166 e. The zero-order valence-electron chi connectivity index (χ0n) is 31.3. The van der Waals surface area contributed by atoms with Crippen molar-refractivity contribution in [2.24, 2.45) is 0 Å². The Morgan fingerprint density at radius 2 is 0.707 bits per heavy atom. The third kappa shape index (κ3) is 12.0. The van der Waals surface area contributed by atoms with Gasteiger partial charge in [0.05, 0.1) is 21.0 Å². The standard InChI is InChI=1S/C48H34BrOS3.CH4O3S/c49-39-15-17-40(18-16-39)50-41-19-29-46(30-20-41)53(47-31-25-44(26-32-47)51-42-21-11-37(12-22-42)35-7-3-1-4-8-35)48-33-27-45(28-34-48)52-43-23-13-38(14-24-43)36-9-5-2-6-10-36;1-5(2,3)4/h1-34H;1H3,(H,2,3,4)/q+1;/p-1. The quantitative estimate of drug-likeness (QED) is 0.0952. The summed E-state index contributed by atoms with van der Waals surface area (Å²) in [6, 6.07) is 73.3. The maximum Gasteiger partial charge on any atom is 0.166 e. The van der Waals surface area contributed by atoms with E-state index in [2.05, 4.69) is 198 Å². The minimum absolute atomic E-state index is 0.311. The Bertz CT molecular complexity index is 2490. The van der Waals surface area contributed by atoms with Crippen LogP contribution in [-0.4, -0.2) is 19.2 Å². The number of hydrogen-bond donors (Lipinski definition) is 0. The van der Waals surface area contributed by atoms with Crippen LogP contribution < -0.4 is 4.74 Å². The third-order valence-corrected chi connectivity index (χ3v) is 13.4. The van der Waals surface area contributed by atoms with Crippen molar-refractivity contribution in [1.29, 1.82) is 0 Å². The molecule has 8 aromatic carbocycles. The fourth-order valence-electron chi connectivity index (χ4n) is 5.94. The number of hydrogen-bond acceptors (Lipinski definition) is 6. The summed E-state index contributed by atoms with van der Waals surface area (Å²) in [4.78, 5) is 8.66. The summed E-state index contributed by atoms with van der Waals surface area (Å²) in [6.07, 6.45) is 0.604. The molecule has 0 aliphatic carbocycles. The van der Waals surface area contributed by atoms with Gasteiger partial charge in [0.25, 0.3) is 0 Å². The van der Waals surface area contributed by atoms with Crippen LogP contribution in [0.5, 0.6) is 11.5 Å². The highest BCUT2D eigenvalue weighted by Gasteiger charge is 2.29. The highest BCUT2D eigenvalue weighted by molar-refractivity contribution is 9.10. The van der Waals surface area contributed by atoms with E-state index in [0.29, 0.717) is 6.26 Å². The van der Waals surface area contributed by atoms with Crippen molar-refractivity contribution in [2.75, 3.05) is 6.26 Å². The zero-order valence-corrected chi connectivity index (χ0v) is 36.1. The molecule has 0 aliphatic heterocycles. The van der Waals surface area contributed by atoms with E-state index in [1.807, 2.05) is 24.3 Å². The number of ether oxygens (including phenoxy) is 1. The predicted octanol–water partition coefficient (Wildman–Crippen LogP) is 14.1. The lowest BCUT2D eigenvalue weighted by Gasteiger charge is -2.11. The van der Waals surface area contributed by atoms with E-state index in [4.69, 9.17) is 17.7 Å². The van der Waals surface area contributed by atoms with Crippen LogP contribution in [0, 0.1) is 0 Å². The first-order valence-electron chi connectivity index (χ1n) is 18.2. The highest BCUT2D eigenvalue weighted by atomic mass is 79.9. The molecule has 9 heteroatoms. The molecule has 0 aliphatic rings. The summed E-state index contributed by atoms with van der Waals surface area (Å²) in [6.45, 7) is 0. The molecule has 58 heavy (non-hydrogen) atoms. The maximum absolute atomic E-state index is 9.08.